The maximum absolute atomic E-state index is 13.5. The number of nitrogens with zero attached hydrogens (tertiary/aromatic N) is 5. The molecule has 4 heterocycles. The molecule has 0 amide bonds. The number of guanidine groups is 1. The van der Waals surface area contributed by atoms with Crippen molar-refractivity contribution in [3.63, 3.8) is 0 Å². The topological polar surface area (TPSA) is 189 Å². The zero-order chi connectivity index (χ0) is 41.9. The van der Waals surface area contributed by atoms with E-state index in [-0.39, 0.29) is 28.5 Å². The van der Waals surface area contributed by atoms with Crippen LogP contribution in [-0.4, -0.2) is 77.0 Å². The van der Waals surface area contributed by atoms with Gasteiger partial charge in [-0.1, -0.05) is 65.8 Å². The highest BCUT2D eigenvalue weighted by atomic mass is 32.2. The van der Waals surface area contributed by atoms with E-state index < -0.39 is 10.0 Å². The van der Waals surface area contributed by atoms with E-state index in [1.165, 1.54) is 5.56 Å². The molecule has 1 fully saturated rings. The summed E-state index contributed by atoms with van der Waals surface area (Å²) in [6.07, 6.45) is 9.64. The van der Waals surface area contributed by atoms with Gasteiger partial charge in [-0.2, -0.15) is 9.29 Å². The molecule has 58 heavy (non-hydrogen) atoms. The second-order valence-electron chi connectivity index (χ2n) is 17.0. The van der Waals surface area contributed by atoms with Gasteiger partial charge in [-0.25, -0.2) is 13.2 Å². The largest absolute Gasteiger partial charge is 0.370 e. The van der Waals surface area contributed by atoms with Gasteiger partial charge in [-0.05, 0) is 116 Å². The molecule has 1 aliphatic heterocycles. The molecule has 7 N–H and O–H groups in total. The third kappa shape index (κ3) is 12.3. The van der Waals surface area contributed by atoms with Crippen molar-refractivity contribution in [1.29, 1.82) is 0 Å². The normalized spacial score (nSPS) is 14.0. The first-order chi connectivity index (χ1) is 27.5. The van der Waals surface area contributed by atoms with Crippen molar-refractivity contribution in [2.45, 2.75) is 102 Å². The standard InChI is InChI=1S/C23H33N3O2S.C21H29N7O/c1-23(2,3)20-6-8-22(9-7-20)29(27,28)26(21-12-16-25-17-13-21)18-4-5-19-10-14-24-15-11-19;1-21(2,3)17-11-15-13-28(20(29)27-18(15)26-17)16-7-5-14(6-8-16)12-24-9-4-10-25-19(22)23/h6-11,14-15,21,25H,4-5,12-13,16-18H2,1-3H3;5-8,11,13,24H,4,9-10,12H2,1-3H3,(H4,22,23,25)(H,26,27,29). The smallest absolute Gasteiger partial charge is 0.354 e. The first kappa shape index (κ1) is 44.2. The molecular formula is C44H62N10O3S. The summed E-state index contributed by atoms with van der Waals surface area (Å²) in [6, 6.07) is 21.4. The number of hydrogen-bond acceptors (Lipinski definition) is 8. The quantitative estimate of drug-likeness (QED) is 0.0547. The maximum atomic E-state index is 13.5. The molecule has 0 atom stereocenters. The molecule has 5 aromatic rings. The number of hydrogen-bond donors (Lipinski definition) is 5. The summed E-state index contributed by atoms with van der Waals surface area (Å²) < 4.78 is 30.4. The zero-order valence-corrected chi connectivity index (χ0v) is 35.8. The number of aliphatic imine (C=N–C) groups is 1. The van der Waals surface area contributed by atoms with Crippen LogP contribution in [0.3, 0.4) is 0 Å². The van der Waals surface area contributed by atoms with Crippen molar-refractivity contribution in [2.24, 2.45) is 16.5 Å². The Labute approximate surface area is 343 Å². The Hall–Kier alpha value is -4.89. The Morgan fingerprint density at radius 3 is 2.21 bits per heavy atom. The van der Waals surface area contributed by atoms with Crippen LogP contribution in [0, 0.1) is 0 Å². The summed E-state index contributed by atoms with van der Waals surface area (Å²) in [7, 11) is -3.52. The SMILES string of the molecule is CC(C)(C)c1cc2cn(-c3ccc(CNCCCN=C(N)N)cc3)c(=O)nc2[nH]1.CC(C)(C)c1ccc(S(=O)(=O)N(CCCc2ccncc2)C2CCNCC2)cc1. The Balaban J connectivity index is 0.000000221. The van der Waals surface area contributed by atoms with E-state index in [0.717, 1.165) is 86.2 Å². The van der Waals surface area contributed by atoms with Crippen molar-refractivity contribution in [2.75, 3.05) is 32.7 Å². The Bertz CT molecular complexity index is 2250. The minimum atomic E-state index is -3.52. The fourth-order valence-corrected chi connectivity index (χ4v) is 8.57. The fourth-order valence-electron chi connectivity index (χ4n) is 6.85. The molecule has 13 nitrogen and oxygen atoms in total. The molecule has 6 rings (SSSR count). The highest BCUT2D eigenvalue weighted by molar-refractivity contribution is 7.89. The van der Waals surface area contributed by atoms with E-state index in [4.69, 9.17) is 11.5 Å². The number of fused-ring (bicyclic) bond motifs is 1. The number of H-pyrrole nitrogens is 1. The number of nitrogens with two attached hydrogens (primary N) is 2. The summed E-state index contributed by atoms with van der Waals surface area (Å²) in [5, 5.41) is 7.61. The van der Waals surface area contributed by atoms with Gasteiger partial charge in [-0.15, -0.1) is 0 Å². The van der Waals surface area contributed by atoms with Crippen LogP contribution in [0.4, 0.5) is 0 Å². The van der Waals surface area contributed by atoms with E-state index >= 15 is 0 Å². The molecular weight excluding hydrogens is 749 g/mol. The number of sulfonamides is 1. The van der Waals surface area contributed by atoms with Crippen LogP contribution in [0.25, 0.3) is 16.7 Å². The molecule has 1 saturated heterocycles. The van der Waals surface area contributed by atoms with Crippen LogP contribution < -0.4 is 27.8 Å². The van der Waals surface area contributed by atoms with E-state index in [1.807, 2.05) is 54.7 Å². The molecule has 0 saturated carbocycles. The molecule has 0 unspecified atom stereocenters. The van der Waals surface area contributed by atoms with Gasteiger partial charge in [0.05, 0.1) is 10.6 Å². The van der Waals surface area contributed by atoms with Gasteiger partial charge >= 0.3 is 5.69 Å². The summed E-state index contributed by atoms with van der Waals surface area (Å²) in [5.74, 6) is 0.123. The molecule has 0 bridgehead atoms. The third-order valence-electron chi connectivity index (χ3n) is 10.3. The van der Waals surface area contributed by atoms with E-state index in [1.54, 1.807) is 33.4 Å². The highest BCUT2D eigenvalue weighted by Gasteiger charge is 2.32. The van der Waals surface area contributed by atoms with Gasteiger partial charge in [-0.3, -0.25) is 14.5 Å². The third-order valence-corrected chi connectivity index (χ3v) is 12.3. The Morgan fingerprint density at radius 1 is 0.914 bits per heavy atom. The second kappa shape index (κ2) is 19.7. The molecule has 0 spiro atoms. The average molecular weight is 811 g/mol. The predicted octanol–water partition coefficient (Wildman–Crippen LogP) is 5.52. The number of rotatable bonds is 14. The lowest BCUT2D eigenvalue weighted by Gasteiger charge is -2.34. The summed E-state index contributed by atoms with van der Waals surface area (Å²) in [5.41, 5.74) is 16.2. The average Bonchev–Trinajstić information content (AvgIpc) is 3.62. The number of piperidine rings is 1. The van der Waals surface area contributed by atoms with Gasteiger partial charge in [0.25, 0.3) is 0 Å². The van der Waals surface area contributed by atoms with Crippen LogP contribution in [0.1, 0.15) is 89.6 Å². The van der Waals surface area contributed by atoms with Gasteiger partial charge < -0.3 is 27.1 Å². The Kier molecular flexibility index (Phi) is 15.0. The van der Waals surface area contributed by atoms with Crippen LogP contribution >= 0.6 is 0 Å². The minimum absolute atomic E-state index is 0.00155. The summed E-state index contributed by atoms with van der Waals surface area (Å²) >= 11 is 0. The fraction of sp³-hybridized carbons (Fsp3) is 0.455. The van der Waals surface area contributed by atoms with Crippen LogP contribution in [0.15, 0.2) is 100 Å². The number of aromatic nitrogens is 4. The Morgan fingerprint density at radius 2 is 1.59 bits per heavy atom. The molecule has 312 valence electrons. The van der Waals surface area contributed by atoms with Gasteiger partial charge in [0.2, 0.25) is 10.0 Å². The lowest BCUT2D eigenvalue weighted by atomic mass is 9.87. The molecule has 14 heteroatoms. The van der Waals surface area contributed by atoms with Crippen molar-refractivity contribution < 1.29 is 8.42 Å². The van der Waals surface area contributed by atoms with E-state index in [0.29, 0.717) is 23.6 Å². The number of aryl methyl sites for hydroxylation is 1. The minimum Gasteiger partial charge on any atom is -0.370 e. The monoisotopic (exact) mass is 810 g/mol. The van der Waals surface area contributed by atoms with E-state index in [9.17, 15) is 13.2 Å². The first-order valence-electron chi connectivity index (χ1n) is 20.2. The molecule has 3 aromatic heterocycles. The van der Waals surface area contributed by atoms with Crippen LogP contribution in [0.5, 0.6) is 0 Å². The number of pyridine rings is 1. The van der Waals surface area contributed by atoms with Crippen molar-refractivity contribution in [1.82, 2.24) is 34.5 Å². The van der Waals surface area contributed by atoms with Crippen molar-refractivity contribution >= 4 is 27.0 Å². The lowest BCUT2D eigenvalue weighted by molar-refractivity contribution is 0.260. The van der Waals surface area contributed by atoms with Gasteiger partial charge in [0.1, 0.15) is 5.65 Å². The summed E-state index contributed by atoms with van der Waals surface area (Å²) in [6.45, 7) is 17.2. The maximum Gasteiger partial charge on any atom is 0.354 e. The number of aromatic amines is 1. The van der Waals surface area contributed by atoms with Crippen LogP contribution in [-0.2, 0) is 33.8 Å². The zero-order valence-electron chi connectivity index (χ0n) is 35.0. The lowest BCUT2D eigenvalue weighted by Crippen LogP contribution is -2.46. The number of nitrogens with one attached hydrogen (secondary N) is 3. The van der Waals surface area contributed by atoms with Crippen LogP contribution in [0.2, 0.25) is 0 Å². The van der Waals surface area contributed by atoms with Crippen molar-refractivity contribution in [3.8, 4) is 5.69 Å². The highest BCUT2D eigenvalue weighted by Crippen LogP contribution is 2.28. The van der Waals surface area contributed by atoms with Crippen molar-refractivity contribution in [3.05, 3.63) is 118 Å². The summed E-state index contributed by atoms with van der Waals surface area (Å²) in [4.78, 5) is 28.4. The molecule has 0 aliphatic carbocycles. The molecule has 0 radical (unpaired) electrons. The molecule has 2 aromatic carbocycles. The predicted molar refractivity (Wildman–Crippen MR) is 235 cm³/mol. The van der Waals surface area contributed by atoms with E-state index in [2.05, 4.69) is 78.2 Å². The molecule has 1 aliphatic rings. The second-order valence-corrected chi connectivity index (χ2v) is 18.9. The number of benzene rings is 2. The van der Waals surface area contributed by atoms with Gasteiger partial charge in [0.15, 0.2) is 5.96 Å². The first-order valence-corrected chi connectivity index (χ1v) is 21.7. The van der Waals surface area contributed by atoms with Gasteiger partial charge in [0, 0.05) is 60.8 Å².